The number of hydrogen-bond acceptors (Lipinski definition) is 1. The van der Waals surface area contributed by atoms with Gasteiger partial charge in [-0.15, -0.1) is 0 Å². The molecule has 14 heavy (non-hydrogen) atoms. The first-order chi connectivity index (χ1) is 6.81. The van der Waals surface area contributed by atoms with Gasteiger partial charge in [0.15, 0.2) is 0 Å². The van der Waals surface area contributed by atoms with Crippen molar-refractivity contribution in [1.82, 2.24) is 0 Å². The Morgan fingerprint density at radius 3 is 2.50 bits per heavy atom. The number of rotatable bonds is 1. The average molecular weight is 179 g/mol. The molecule has 0 fully saturated rings. The SMILES string of the molecule is C=C(C#N)c1ccc2ccccc2c1. The number of fused-ring (bicyclic) bond motifs is 1. The highest BCUT2D eigenvalue weighted by Crippen LogP contribution is 2.19. The molecule has 0 aliphatic heterocycles. The van der Waals surface area contributed by atoms with Gasteiger partial charge in [-0.3, -0.25) is 0 Å². The maximum Gasteiger partial charge on any atom is 0.0991 e. The van der Waals surface area contributed by atoms with Gasteiger partial charge in [0.1, 0.15) is 0 Å². The third kappa shape index (κ3) is 1.38. The van der Waals surface area contributed by atoms with Crippen LogP contribution < -0.4 is 0 Å². The van der Waals surface area contributed by atoms with E-state index in [9.17, 15) is 0 Å². The minimum Gasteiger partial charge on any atom is -0.192 e. The van der Waals surface area contributed by atoms with E-state index < -0.39 is 0 Å². The zero-order chi connectivity index (χ0) is 9.97. The fourth-order valence-corrected chi connectivity index (χ4v) is 1.44. The van der Waals surface area contributed by atoms with Crippen molar-refractivity contribution >= 4 is 16.3 Å². The molecule has 0 aliphatic rings. The van der Waals surface area contributed by atoms with Crippen molar-refractivity contribution in [2.24, 2.45) is 0 Å². The highest BCUT2D eigenvalue weighted by Gasteiger charge is 1.98. The van der Waals surface area contributed by atoms with Gasteiger partial charge in [-0.1, -0.05) is 43.0 Å². The summed E-state index contributed by atoms with van der Waals surface area (Å²) < 4.78 is 0. The molecule has 0 bridgehead atoms. The molecule has 0 atom stereocenters. The maximum atomic E-state index is 8.71. The van der Waals surface area contributed by atoms with Gasteiger partial charge >= 0.3 is 0 Å². The largest absolute Gasteiger partial charge is 0.192 e. The Morgan fingerprint density at radius 1 is 1.07 bits per heavy atom. The molecule has 0 spiro atoms. The molecule has 0 saturated heterocycles. The highest BCUT2D eigenvalue weighted by atomic mass is 14.2. The van der Waals surface area contributed by atoms with Crippen molar-refractivity contribution in [3.8, 4) is 6.07 Å². The Bertz CT molecular complexity index is 532. The van der Waals surface area contributed by atoms with E-state index in [4.69, 9.17) is 5.26 Å². The molecule has 0 aromatic heterocycles. The molecule has 1 heteroatoms. The number of nitriles is 1. The van der Waals surface area contributed by atoms with Gasteiger partial charge in [-0.05, 0) is 22.4 Å². The summed E-state index contributed by atoms with van der Waals surface area (Å²) in [6.07, 6.45) is 0. The Kier molecular flexibility index (Phi) is 2.04. The Morgan fingerprint density at radius 2 is 1.79 bits per heavy atom. The minimum absolute atomic E-state index is 0.510. The zero-order valence-corrected chi connectivity index (χ0v) is 7.70. The molecule has 0 unspecified atom stereocenters. The maximum absolute atomic E-state index is 8.71. The van der Waals surface area contributed by atoms with E-state index in [0.29, 0.717) is 5.57 Å². The number of nitrogens with zero attached hydrogens (tertiary/aromatic N) is 1. The number of allylic oxidation sites excluding steroid dienone is 1. The van der Waals surface area contributed by atoms with Crippen LogP contribution in [0.1, 0.15) is 5.56 Å². The van der Waals surface area contributed by atoms with Crippen molar-refractivity contribution < 1.29 is 0 Å². The standard InChI is InChI=1S/C13H9N/c1-10(9-14)12-7-6-11-4-2-3-5-13(11)8-12/h2-8H,1H2. The molecule has 66 valence electrons. The lowest BCUT2D eigenvalue weighted by atomic mass is 10.0. The molecule has 0 saturated carbocycles. The summed E-state index contributed by atoms with van der Waals surface area (Å²) in [5.74, 6) is 0. The van der Waals surface area contributed by atoms with Crippen LogP contribution in [0.3, 0.4) is 0 Å². The second kappa shape index (κ2) is 3.35. The normalized spacial score (nSPS) is 9.64. The third-order valence-electron chi connectivity index (χ3n) is 2.23. The van der Waals surface area contributed by atoms with Crippen molar-refractivity contribution in [2.45, 2.75) is 0 Å². The van der Waals surface area contributed by atoms with E-state index in [1.165, 1.54) is 5.39 Å². The van der Waals surface area contributed by atoms with Gasteiger partial charge in [-0.25, -0.2) is 0 Å². The van der Waals surface area contributed by atoms with Gasteiger partial charge < -0.3 is 0 Å². The second-order valence-corrected chi connectivity index (χ2v) is 3.15. The average Bonchev–Trinajstić information content (AvgIpc) is 2.27. The minimum atomic E-state index is 0.510. The lowest BCUT2D eigenvalue weighted by molar-refractivity contribution is 1.53. The van der Waals surface area contributed by atoms with Crippen LogP contribution in [0.5, 0.6) is 0 Å². The highest BCUT2D eigenvalue weighted by molar-refractivity contribution is 5.88. The summed E-state index contributed by atoms with van der Waals surface area (Å²) in [6, 6.07) is 16.0. The smallest absolute Gasteiger partial charge is 0.0991 e. The molecule has 0 N–H and O–H groups in total. The number of hydrogen-bond donors (Lipinski definition) is 0. The summed E-state index contributed by atoms with van der Waals surface area (Å²) in [4.78, 5) is 0. The molecule has 1 nitrogen and oxygen atoms in total. The first kappa shape index (κ1) is 8.52. The molecule has 0 heterocycles. The molecular weight excluding hydrogens is 170 g/mol. The van der Waals surface area contributed by atoms with Crippen LogP contribution in [-0.2, 0) is 0 Å². The Hall–Kier alpha value is -2.07. The number of benzene rings is 2. The van der Waals surface area contributed by atoms with Crippen molar-refractivity contribution in [3.63, 3.8) is 0 Å². The first-order valence-electron chi connectivity index (χ1n) is 4.39. The molecular formula is C13H9N. The Labute approximate surface area is 82.9 Å². The Balaban J connectivity index is 2.64. The van der Waals surface area contributed by atoms with E-state index >= 15 is 0 Å². The van der Waals surface area contributed by atoms with Gasteiger partial charge in [0.2, 0.25) is 0 Å². The predicted molar refractivity (Wildman–Crippen MR) is 58.6 cm³/mol. The van der Waals surface area contributed by atoms with Crippen molar-refractivity contribution in [2.75, 3.05) is 0 Å². The van der Waals surface area contributed by atoms with Crippen LogP contribution in [-0.4, -0.2) is 0 Å². The molecule has 0 radical (unpaired) electrons. The van der Waals surface area contributed by atoms with E-state index in [0.717, 1.165) is 10.9 Å². The van der Waals surface area contributed by atoms with E-state index in [1.54, 1.807) is 0 Å². The summed E-state index contributed by atoms with van der Waals surface area (Å²) in [7, 11) is 0. The van der Waals surface area contributed by atoms with Crippen LogP contribution in [0, 0.1) is 11.3 Å². The van der Waals surface area contributed by atoms with Crippen LogP contribution in [0.2, 0.25) is 0 Å². The van der Waals surface area contributed by atoms with E-state index in [1.807, 2.05) is 42.5 Å². The van der Waals surface area contributed by atoms with Gasteiger partial charge in [0.25, 0.3) is 0 Å². The summed E-state index contributed by atoms with van der Waals surface area (Å²) >= 11 is 0. The van der Waals surface area contributed by atoms with E-state index in [2.05, 4.69) is 12.6 Å². The van der Waals surface area contributed by atoms with E-state index in [-0.39, 0.29) is 0 Å². The van der Waals surface area contributed by atoms with Crippen LogP contribution >= 0.6 is 0 Å². The summed E-state index contributed by atoms with van der Waals surface area (Å²) in [5.41, 5.74) is 1.40. The molecule has 0 aliphatic carbocycles. The lowest BCUT2D eigenvalue weighted by Gasteiger charge is -2.00. The van der Waals surface area contributed by atoms with Crippen LogP contribution in [0.15, 0.2) is 49.0 Å². The first-order valence-corrected chi connectivity index (χ1v) is 4.39. The lowest BCUT2D eigenvalue weighted by Crippen LogP contribution is -1.79. The quantitative estimate of drug-likeness (QED) is 0.615. The summed E-state index contributed by atoms with van der Waals surface area (Å²) in [5, 5.41) is 11.0. The van der Waals surface area contributed by atoms with Gasteiger partial charge in [-0.2, -0.15) is 5.26 Å². The monoisotopic (exact) mass is 179 g/mol. The summed E-state index contributed by atoms with van der Waals surface area (Å²) in [6.45, 7) is 3.69. The molecule has 0 amide bonds. The second-order valence-electron chi connectivity index (χ2n) is 3.15. The predicted octanol–water partition coefficient (Wildman–Crippen LogP) is 3.38. The molecule has 2 rings (SSSR count). The van der Waals surface area contributed by atoms with Crippen LogP contribution in [0.25, 0.3) is 16.3 Å². The zero-order valence-electron chi connectivity index (χ0n) is 7.70. The third-order valence-corrected chi connectivity index (χ3v) is 2.23. The topological polar surface area (TPSA) is 23.8 Å². The van der Waals surface area contributed by atoms with Gasteiger partial charge in [0, 0.05) is 0 Å². The van der Waals surface area contributed by atoms with Crippen molar-refractivity contribution in [3.05, 3.63) is 54.6 Å². The van der Waals surface area contributed by atoms with Crippen molar-refractivity contribution in [1.29, 1.82) is 5.26 Å². The molecule has 2 aromatic carbocycles. The fourth-order valence-electron chi connectivity index (χ4n) is 1.44. The fraction of sp³-hybridized carbons (Fsp3) is 0. The van der Waals surface area contributed by atoms with Gasteiger partial charge in [0.05, 0.1) is 11.6 Å². The molecule has 2 aromatic rings. The van der Waals surface area contributed by atoms with Crippen LogP contribution in [0.4, 0.5) is 0 Å².